The van der Waals surface area contributed by atoms with E-state index >= 15 is 0 Å². The van der Waals surface area contributed by atoms with Gasteiger partial charge in [-0.25, -0.2) is 8.42 Å². The smallest absolute Gasteiger partial charge is 0.247 e. The molecule has 30 heavy (non-hydrogen) atoms. The van der Waals surface area contributed by atoms with Crippen LogP contribution < -0.4 is 10.1 Å². The number of hydrogen-bond acceptors (Lipinski definition) is 5. The van der Waals surface area contributed by atoms with E-state index in [1.54, 1.807) is 12.1 Å². The van der Waals surface area contributed by atoms with Crippen molar-refractivity contribution in [1.29, 1.82) is 0 Å². The summed E-state index contributed by atoms with van der Waals surface area (Å²) in [5, 5.41) is 2.83. The van der Waals surface area contributed by atoms with Gasteiger partial charge in [-0.2, -0.15) is 4.31 Å². The van der Waals surface area contributed by atoms with Gasteiger partial charge in [-0.05, 0) is 57.7 Å². The van der Waals surface area contributed by atoms with Crippen LogP contribution in [0.2, 0.25) is 0 Å². The molecule has 0 saturated heterocycles. The molecular formula is C22H36N2O5S. The zero-order valence-corrected chi connectivity index (χ0v) is 19.5. The molecule has 0 bridgehead atoms. The second-order valence-corrected chi connectivity index (χ2v) is 9.98. The van der Waals surface area contributed by atoms with Gasteiger partial charge in [-0.3, -0.25) is 4.79 Å². The lowest BCUT2D eigenvalue weighted by atomic mass is 9.95. The monoisotopic (exact) mass is 440 g/mol. The average Bonchev–Trinajstić information content (AvgIpc) is 2.72. The highest BCUT2D eigenvalue weighted by Gasteiger charge is 2.35. The van der Waals surface area contributed by atoms with E-state index in [1.165, 1.54) is 11.4 Å². The van der Waals surface area contributed by atoms with E-state index in [0.29, 0.717) is 25.3 Å². The Morgan fingerprint density at radius 3 is 2.57 bits per heavy atom. The third-order valence-corrected chi connectivity index (χ3v) is 7.20. The van der Waals surface area contributed by atoms with E-state index in [2.05, 4.69) is 5.32 Å². The number of carbonyl (C=O) groups is 1. The Hall–Kier alpha value is -1.64. The van der Waals surface area contributed by atoms with Gasteiger partial charge in [0.2, 0.25) is 15.9 Å². The topological polar surface area (TPSA) is 84.9 Å². The minimum atomic E-state index is -3.88. The van der Waals surface area contributed by atoms with E-state index in [0.717, 1.165) is 37.7 Å². The van der Waals surface area contributed by atoms with Crippen molar-refractivity contribution in [3.8, 4) is 5.75 Å². The number of carbonyl (C=O) groups excluding carboxylic acids is 1. The molecule has 0 radical (unpaired) electrons. The Kier molecular flexibility index (Phi) is 9.58. The first-order valence-corrected chi connectivity index (χ1v) is 12.2. The van der Waals surface area contributed by atoms with Crippen LogP contribution >= 0.6 is 0 Å². The summed E-state index contributed by atoms with van der Waals surface area (Å²) in [6, 6.07) is 4.92. The lowest BCUT2D eigenvalue weighted by Gasteiger charge is -2.33. The van der Waals surface area contributed by atoms with Crippen LogP contribution in [-0.4, -0.2) is 57.6 Å². The normalized spacial score (nSPS) is 15.5. The van der Waals surface area contributed by atoms with Crippen molar-refractivity contribution >= 4 is 15.9 Å². The maximum absolute atomic E-state index is 13.6. The number of methoxy groups -OCH3 is 1. The fraction of sp³-hybridized carbons (Fsp3) is 0.682. The van der Waals surface area contributed by atoms with Gasteiger partial charge in [0.05, 0.1) is 19.8 Å². The van der Waals surface area contributed by atoms with E-state index < -0.39 is 10.0 Å². The first kappa shape index (κ1) is 24.6. The highest BCUT2D eigenvalue weighted by molar-refractivity contribution is 7.89. The Bertz CT molecular complexity index is 789. The van der Waals surface area contributed by atoms with Crippen LogP contribution in [0.5, 0.6) is 5.75 Å². The zero-order valence-electron chi connectivity index (χ0n) is 18.6. The molecule has 2 rings (SSSR count). The fourth-order valence-corrected chi connectivity index (χ4v) is 5.59. The van der Waals surface area contributed by atoms with Gasteiger partial charge in [0.25, 0.3) is 0 Å². The summed E-state index contributed by atoms with van der Waals surface area (Å²) in [7, 11) is -2.43. The maximum Gasteiger partial charge on any atom is 0.247 e. The van der Waals surface area contributed by atoms with Crippen LogP contribution in [0.25, 0.3) is 0 Å². The number of nitrogens with one attached hydrogen (secondary N) is 1. The predicted molar refractivity (Wildman–Crippen MR) is 117 cm³/mol. The largest absolute Gasteiger partial charge is 0.495 e. The summed E-state index contributed by atoms with van der Waals surface area (Å²) in [6.07, 6.45) is 5.40. The van der Waals surface area contributed by atoms with Gasteiger partial charge in [-0.1, -0.05) is 25.3 Å². The number of nitrogens with zero attached hydrogens (tertiary/aromatic N) is 1. The Labute approximate surface area is 181 Å². The van der Waals surface area contributed by atoms with E-state index in [9.17, 15) is 13.2 Å². The lowest BCUT2D eigenvalue weighted by Crippen LogP contribution is -2.47. The van der Waals surface area contributed by atoms with Crippen LogP contribution in [-0.2, 0) is 19.6 Å². The molecule has 0 atom stereocenters. The standard InChI is InChI=1S/C22H36N2O5S/c1-17(2)29-14-8-13-23-22(25)16-24(19-9-6-5-7-10-19)30(26,27)21-15-18(3)11-12-20(21)28-4/h11-12,15,17,19H,5-10,13-14,16H2,1-4H3,(H,23,25). The van der Waals surface area contributed by atoms with Gasteiger partial charge < -0.3 is 14.8 Å². The number of rotatable bonds is 11. The number of hydrogen-bond donors (Lipinski definition) is 1. The molecule has 1 fully saturated rings. The van der Waals surface area contributed by atoms with Gasteiger partial charge in [0, 0.05) is 19.2 Å². The molecule has 7 nitrogen and oxygen atoms in total. The molecule has 0 aliphatic heterocycles. The molecular weight excluding hydrogens is 404 g/mol. The molecule has 0 spiro atoms. The Balaban J connectivity index is 2.17. The summed E-state index contributed by atoms with van der Waals surface area (Å²) in [4.78, 5) is 12.7. The maximum atomic E-state index is 13.6. The first-order chi connectivity index (χ1) is 14.3. The van der Waals surface area contributed by atoms with Crippen LogP contribution in [0, 0.1) is 6.92 Å². The minimum absolute atomic E-state index is 0.119. The molecule has 1 N–H and O–H groups in total. The molecule has 0 aromatic heterocycles. The van der Waals surface area contributed by atoms with Crippen molar-refractivity contribution in [2.45, 2.75) is 76.3 Å². The van der Waals surface area contributed by atoms with Gasteiger partial charge >= 0.3 is 0 Å². The van der Waals surface area contributed by atoms with Crippen LogP contribution in [0.3, 0.4) is 0 Å². The highest BCUT2D eigenvalue weighted by Crippen LogP contribution is 2.32. The van der Waals surface area contributed by atoms with Crippen molar-refractivity contribution in [3.05, 3.63) is 23.8 Å². The molecule has 0 heterocycles. The Morgan fingerprint density at radius 1 is 1.23 bits per heavy atom. The number of aryl methyl sites for hydroxylation is 1. The lowest BCUT2D eigenvalue weighted by molar-refractivity contribution is -0.121. The van der Waals surface area contributed by atoms with Crippen molar-refractivity contribution in [1.82, 2.24) is 9.62 Å². The molecule has 1 aliphatic rings. The van der Waals surface area contributed by atoms with E-state index in [1.807, 2.05) is 26.8 Å². The second-order valence-electron chi connectivity index (χ2n) is 8.12. The fourth-order valence-electron chi connectivity index (χ4n) is 3.71. The van der Waals surface area contributed by atoms with Crippen molar-refractivity contribution < 1.29 is 22.7 Å². The first-order valence-electron chi connectivity index (χ1n) is 10.8. The van der Waals surface area contributed by atoms with Crippen LogP contribution in [0.15, 0.2) is 23.1 Å². The third kappa shape index (κ3) is 6.96. The summed E-state index contributed by atoms with van der Waals surface area (Å²) in [5.74, 6) is 0.00738. The second kappa shape index (κ2) is 11.7. The average molecular weight is 441 g/mol. The highest BCUT2D eigenvalue weighted by atomic mass is 32.2. The van der Waals surface area contributed by atoms with Crippen molar-refractivity contribution in [2.75, 3.05) is 26.8 Å². The SMILES string of the molecule is COc1ccc(C)cc1S(=O)(=O)N(CC(=O)NCCCOC(C)C)C1CCCCC1. The van der Waals surface area contributed by atoms with E-state index in [-0.39, 0.29) is 29.5 Å². The minimum Gasteiger partial charge on any atom is -0.495 e. The van der Waals surface area contributed by atoms with Gasteiger partial charge in [0.15, 0.2) is 0 Å². The summed E-state index contributed by atoms with van der Waals surface area (Å²) < 4.78 is 39.4. The number of sulfonamides is 1. The molecule has 170 valence electrons. The molecule has 0 unspecified atom stereocenters. The van der Waals surface area contributed by atoms with Gasteiger partial charge in [-0.15, -0.1) is 0 Å². The molecule has 8 heteroatoms. The molecule has 1 aromatic rings. The zero-order chi connectivity index (χ0) is 22.1. The number of ether oxygens (including phenoxy) is 2. The quantitative estimate of drug-likeness (QED) is 0.534. The van der Waals surface area contributed by atoms with Crippen molar-refractivity contribution in [3.63, 3.8) is 0 Å². The Morgan fingerprint density at radius 2 is 1.93 bits per heavy atom. The van der Waals surface area contributed by atoms with Gasteiger partial charge in [0.1, 0.15) is 10.6 Å². The van der Waals surface area contributed by atoms with Crippen molar-refractivity contribution in [2.24, 2.45) is 0 Å². The molecule has 1 aliphatic carbocycles. The predicted octanol–water partition coefficient (Wildman–Crippen LogP) is 3.26. The summed E-state index contributed by atoms with van der Waals surface area (Å²) >= 11 is 0. The summed E-state index contributed by atoms with van der Waals surface area (Å²) in [6.45, 7) is 6.60. The van der Waals surface area contributed by atoms with E-state index in [4.69, 9.17) is 9.47 Å². The van der Waals surface area contributed by atoms with Crippen LogP contribution in [0.4, 0.5) is 0 Å². The molecule has 1 amide bonds. The molecule has 1 aromatic carbocycles. The third-order valence-electron chi connectivity index (χ3n) is 5.28. The number of benzene rings is 1. The molecule has 1 saturated carbocycles. The summed E-state index contributed by atoms with van der Waals surface area (Å²) in [5.41, 5.74) is 0.826. The number of amides is 1. The van der Waals surface area contributed by atoms with Crippen LogP contribution in [0.1, 0.15) is 57.9 Å².